The highest BCUT2D eigenvalue weighted by Crippen LogP contribution is 2.10. The number of nitrogens with zero attached hydrogens (tertiary/aromatic N) is 2. The molecule has 0 fully saturated rings. The average molecular weight is 165 g/mol. The molecule has 0 amide bonds. The van der Waals surface area contributed by atoms with E-state index in [1.807, 2.05) is 6.08 Å². The molecule has 0 saturated heterocycles. The minimum atomic E-state index is -0.398. The van der Waals surface area contributed by atoms with Crippen LogP contribution in [0.1, 0.15) is 5.82 Å². The summed E-state index contributed by atoms with van der Waals surface area (Å²) in [5.74, 6) is 0.215. The Morgan fingerprint density at radius 2 is 2.08 bits per heavy atom. The van der Waals surface area contributed by atoms with Gasteiger partial charge in [-0.15, -0.1) is 0 Å². The summed E-state index contributed by atoms with van der Waals surface area (Å²) < 4.78 is 12.4. The summed E-state index contributed by atoms with van der Waals surface area (Å²) in [6.07, 6.45) is 4.37. The van der Waals surface area contributed by atoms with Crippen LogP contribution in [0.15, 0.2) is 18.5 Å². The molecule has 4 heteroatoms. The van der Waals surface area contributed by atoms with E-state index >= 15 is 0 Å². The van der Waals surface area contributed by atoms with E-state index in [1.165, 1.54) is 12.4 Å². The SMILES string of the molecule is Fc1cnc(C2=CCNC2)nc1. The van der Waals surface area contributed by atoms with Crippen LogP contribution in [0.5, 0.6) is 0 Å². The number of halogens is 1. The molecule has 62 valence electrons. The maximum absolute atomic E-state index is 12.4. The molecule has 0 saturated carbocycles. The highest BCUT2D eigenvalue weighted by molar-refractivity contribution is 5.63. The minimum absolute atomic E-state index is 0.398. The average Bonchev–Trinajstić information content (AvgIpc) is 2.58. The highest BCUT2D eigenvalue weighted by Gasteiger charge is 2.08. The van der Waals surface area contributed by atoms with E-state index in [4.69, 9.17) is 0 Å². The Morgan fingerprint density at radius 3 is 2.67 bits per heavy atom. The van der Waals surface area contributed by atoms with Crippen LogP contribution in [0.3, 0.4) is 0 Å². The minimum Gasteiger partial charge on any atom is -0.309 e. The van der Waals surface area contributed by atoms with Crippen molar-refractivity contribution >= 4 is 5.57 Å². The molecule has 1 aliphatic heterocycles. The first-order valence-electron chi connectivity index (χ1n) is 3.74. The lowest BCUT2D eigenvalue weighted by molar-refractivity contribution is 0.612. The molecule has 0 bridgehead atoms. The predicted molar refractivity (Wildman–Crippen MR) is 42.8 cm³/mol. The van der Waals surface area contributed by atoms with Gasteiger partial charge in [-0.05, 0) is 0 Å². The van der Waals surface area contributed by atoms with Crippen LogP contribution < -0.4 is 5.32 Å². The van der Waals surface area contributed by atoms with Crippen LogP contribution >= 0.6 is 0 Å². The summed E-state index contributed by atoms with van der Waals surface area (Å²) in [4.78, 5) is 7.73. The largest absolute Gasteiger partial charge is 0.309 e. The Morgan fingerprint density at radius 1 is 1.33 bits per heavy atom. The number of hydrogen-bond donors (Lipinski definition) is 1. The molecular weight excluding hydrogens is 157 g/mol. The van der Waals surface area contributed by atoms with Crippen LogP contribution in [-0.4, -0.2) is 23.1 Å². The molecule has 12 heavy (non-hydrogen) atoms. The third-order valence-electron chi connectivity index (χ3n) is 1.72. The molecule has 0 unspecified atom stereocenters. The fourth-order valence-electron chi connectivity index (χ4n) is 1.12. The molecule has 0 atom stereocenters. The number of hydrogen-bond acceptors (Lipinski definition) is 3. The second-order valence-corrected chi connectivity index (χ2v) is 2.59. The summed E-state index contributed by atoms with van der Waals surface area (Å²) in [7, 11) is 0. The zero-order valence-corrected chi connectivity index (χ0v) is 6.42. The van der Waals surface area contributed by atoms with Crippen LogP contribution in [-0.2, 0) is 0 Å². The molecule has 0 aromatic carbocycles. The fourth-order valence-corrected chi connectivity index (χ4v) is 1.12. The number of rotatable bonds is 1. The molecule has 1 aromatic heterocycles. The Kier molecular flexibility index (Phi) is 1.83. The van der Waals surface area contributed by atoms with Crippen molar-refractivity contribution < 1.29 is 4.39 Å². The van der Waals surface area contributed by atoms with Crippen molar-refractivity contribution in [3.63, 3.8) is 0 Å². The van der Waals surface area contributed by atoms with Crippen molar-refractivity contribution in [1.82, 2.24) is 15.3 Å². The normalized spacial score (nSPS) is 16.2. The van der Waals surface area contributed by atoms with E-state index in [0.717, 1.165) is 18.7 Å². The van der Waals surface area contributed by atoms with Gasteiger partial charge in [0, 0.05) is 18.7 Å². The Balaban J connectivity index is 2.28. The van der Waals surface area contributed by atoms with E-state index in [-0.39, 0.29) is 0 Å². The second-order valence-electron chi connectivity index (χ2n) is 2.59. The summed E-state index contributed by atoms with van der Waals surface area (Å²) in [6, 6.07) is 0. The van der Waals surface area contributed by atoms with Crippen LogP contribution in [0.4, 0.5) is 4.39 Å². The van der Waals surface area contributed by atoms with Gasteiger partial charge >= 0.3 is 0 Å². The summed E-state index contributed by atoms with van der Waals surface area (Å²) in [6.45, 7) is 1.61. The van der Waals surface area contributed by atoms with E-state index < -0.39 is 5.82 Å². The molecule has 1 aromatic rings. The van der Waals surface area contributed by atoms with E-state index in [0.29, 0.717) is 5.82 Å². The molecule has 2 rings (SSSR count). The van der Waals surface area contributed by atoms with Crippen molar-refractivity contribution in [2.75, 3.05) is 13.1 Å². The highest BCUT2D eigenvalue weighted by atomic mass is 19.1. The summed E-state index contributed by atoms with van der Waals surface area (Å²) in [5.41, 5.74) is 1.04. The molecule has 0 aliphatic carbocycles. The molecule has 2 heterocycles. The van der Waals surface area contributed by atoms with Gasteiger partial charge < -0.3 is 5.32 Å². The van der Waals surface area contributed by atoms with Crippen molar-refractivity contribution in [2.24, 2.45) is 0 Å². The maximum Gasteiger partial charge on any atom is 0.159 e. The van der Waals surface area contributed by atoms with Gasteiger partial charge in [0.1, 0.15) is 0 Å². The zero-order valence-electron chi connectivity index (χ0n) is 6.42. The van der Waals surface area contributed by atoms with Crippen molar-refractivity contribution in [3.05, 3.63) is 30.1 Å². The van der Waals surface area contributed by atoms with Crippen molar-refractivity contribution in [3.8, 4) is 0 Å². The second kappa shape index (κ2) is 2.98. The Labute approximate surface area is 69.4 Å². The Bertz CT molecular complexity index is 305. The lowest BCUT2D eigenvalue weighted by Crippen LogP contribution is -2.08. The molecule has 1 N–H and O–H groups in total. The zero-order chi connectivity index (χ0) is 8.39. The van der Waals surface area contributed by atoms with Crippen molar-refractivity contribution in [2.45, 2.75) is 0 Å². The van der Waals surface area contributed by atoms with Gasteiger partial charge in [0.15, 0.2) is 11.6 Å². The molecular formula is C8H8FN3. The molecule has 3 nitrogen and oxygen atoms in total. The van der Waals surface area contributed by atoms with Gasteiger partial charge in [-0.3, -0.25) is 0 Å². The van der Waals surface area contributed by atoms with Crippen LogP contribution in [0, 0.1) is 5.82 Å². The van der Waals surface area contributed by atoms with Gasteiger partial charge in [-0.2, -0.15) is 0 Å². The van der Waals surface area contributed by atoms with Crippen LogP contribution in [0.25, 0.3) is 5.57 Å². The first-order chi connectivity index (χ1) is 5.86. The standard InChI is InChI=1S/C8H8FN3/c9-7-4-11-8(12-5-7)6-1-2-10-3-6/h1,4-5,10H,2-3H2. The third-order valence-corrected chi connectivity index (χ3v) is 1.72. The van der Waals surface area contributed by atoms with E-state index in [9.17, 15) is 4.39 Å². The fraction of sp³-hybridized carbons (Fsp3) is 0.250. The molecule has 0 radical (unpaired) electrons. The lowest BCUT2D eigenvalue weighted by Gasteiger charge is -1.97. The van der Waals surface area contributed by atoms with Crippen molar-refractivity contribution in [1.29, 1.82) is 0 Å². The monoisotopic (exact) mass is 165 g/mol. The topological polar surface area (TPSA) is 37.8 Å². The number of aromatic nitrogens is 2. The number of nitrogens with one attached hydrogen (secondary N) is 1. The van der Waals surface area contributed by atoms with Gasteiger partial charge in [0.05, 0.1) is 12.4 Å². The lowest BCUT2D eigenvalue weighted by atomic mass is 10.2. The first kappa shape index (κ1) is 7.36. The third kappa shape index (κ3) is 1.33. The quantitative estimate of drug-likeness (QED) is 0.662. The maximum atomic E-state index is 12.4. The summed E-state index contributed by atoms with van der Waals surface area (Å²) in [5, 5.41) is 3.12. The van der Waals surface area contributed by atoms with Gasteiger partial charge in [0.2, 0.25) is 0 Å². The predicted octanol–water partition coefficient (Wildman–Crippen LogP) is 0.602. The first-order valence-corrected chi connectivity index (χ1v) is 3.74. The molecule has 0 spiro atoms. The van der Waals surface area contributed by atoms with Gasteiger partial charge in [-0.1, -0.05) is 6.08 Å². The molecule has 1 aliphatic rings. The van der Waals surface area contributed by atoms with Crippen LogP contribution in [0.2, 0.25) is 0 Å². The van der Waals surface area contributed by atoms with Gasteiger partial charge in [-0.25, -0.2) is 14.4 Å². The Hall–Kier alpha value is -1.29. The van der Waals surface area contributed by atoms with Gasteiger partial charge in [0.25, 0.3) is 0 Å². The smallest absolute Gasteiger partial charge is 0.159 e. The van der Waals surface area contributed by atoms with E-state index in [1.54, 1.807) is 0 Å². The summed E-state index contributed by atoms with van der Waals surface area (Å²) >= 11 is 0. The van der Waals surface area contributed by atoms with E-state index in [2.05, 4.69) is 15.3 Å².